The van der Waals surface area contributed by atoms with Crippen molar-refractivity contribution >= 4 is 0 Å². The topological polar surface area (TPSA) is 32.3 Å². The Balaban J connectivity index is 2.03. The maximum atomic E-state index is 9.26. The van der Waals surface area contributed by atoms with E-state index in [1.165, 1.54) is 22.3 Å². The van der Waals surface area contributed by atoms with Gasteiger partial charge in [0.15, 0.2) is 0 Å². The van der Waals surface area contributed by atoms with Gasteiger partial charge in [-0.1, -0.05) is 35.9 Å². The normalized spacial score (nSPS) is 12.4. The molecule has 0 saturated heterocycles. The predicted octanol–water partition coefficient (Wildman–Crippen LogP) is 3.86. The zero-order valence-corrected chi connectivity index (χ0v) is 11.8. The molecule has 0 aliphatic heterocycles. The predicted molar refractivity (Wildman–Crippen MR) is 79.3 cm³/mol. The molecule has 0 saturated carbocycles. The van der Waals surface area contributed by atoms with Crippen LogP contribution in [-0.4, -0.2) is 5.11 Å². The Kier molecular flexibility index (Phi) is 4.23. The van der Waals surface area contributed by atoms with E-state index in [0.717, 1.165) is 6.54 Å². The van der Waals surface area contributed by atoms with Crippen molar-refractivity contribution in [1.82, 2.24) is 5.32 Å². The largest absolute Gasteiger partial charge is 0.508 e. The quantitative estimate of drug-likeness (QED) is 0.869. The van der Waals surface area contributed by atoms with E-state index in [0.29, 0.717) is 11.8 Å². The Morgan fingerprint density at radius 3 is 2.42 bits per heavy atom. The van der Waals surface area contributed by atoms with Crippen LogP contribution < -0.4 is 5.32 Å². The lowest BCUT2D eigenvalue weighted by atomic mass is 10.00. The molecular weight excluding hydrogens is 234 g/mol. The van der Waals surface area contributed by atoms with Crippen LogP contribution in [0.3, 0.4) is 0 Å². The van der Waals surface area contributed by atoms with Crippen molar-refractivity contribution in [3.05, 3.63) is 64.7 Å². The van der Waals surface area contributed by atoms with E-state index < -0.39 is 0 Å². The van der Waals surface area contributed by atoms with Crippen molar-refractivity contribution in [3.63, 3.8) is 0 Å². The van der Waals surface area contributed by atoms with E-state index in [9.17, 15) is 5.11 Å². The van der Waals surface area contributed by atoms with Crippen LogP contribution in [0.5, 0.6) is 5.75 Å². The molecule has 0 radical (unpaired) electrons. The minimum Gasteiger partial charge on any atom is -0.508 e. The molecule has 2 aromatic rings. The second kappa shape index (κ2) is 5.89. The van der Waals surface area contributed by atoms with E-state index in [-0.39, 0.29) is 0 Å². The molecule has 2 heteroatoms. The molecular formula is C17H21NO. The summed E-state index contributed by atoms with van der Waals surface area (Å²) < 4.78 is 0. The van der Waals surface area contributed by atoms with E-state index in [4.69, 9.17) is 0 Å². The van der Waals surface area contributed by atoms with Crippen LogP contribution in [0.15, 0.2) is 42.5 Å². The zero-order chi connectivity index (χ0) is 13.8. The molecule has 2 nitrogen and oxygen atoms in total. The van der Waals surface area contributed by atoms with Crippen molar-refractivity contribution in [1.29, 1.82) is 0 Å². The summed E-state index contributed by atoms with van der Waals surface area (Å²) in [6, 6.07) is 14.2. The highest BCUT2D eigenvalue weighted by molar-refractivity contribution is 5.33. The van der Waals surface area contributed by atoms with Gasteiger partial charge in [0.05, 0.1) is 0 Å². The van der Waals surface area contributed by atoms with Gasteiger partial charge < -0.3 is 10.4 Å². The molecule has 0 heterocycles. The molecule has 19 heavy (non-hydrogen) atoms. The number of aryl methyl sites for hydroxylation is 2. The standard InChI is InChI=1S/C17H21NO/c1-12-4-5-13(2)17(10-12)14(3)18-11-15-6-8-16(19)9-7-15/h4-10,14,18-19H,11H2,1-3H3. The van der Waals surface area contributed by atoms with E-state index in [1.807, 2.05) is 12.1 Å². The van der Waals surface area contributed by atoms with Gasteiger partial charge in [0.1, 0.15) is 5.75 Å². The Morgan fingerprint density at radius 2 is 1.74 bits per heavy atom. The monoisotopic (exact) mass is 255 g/mol. The number of nitrogens with one attached hydrogen (secondary N) is 1. The SMILES string of the molecule is Cc1ccc(C)c(C(C)NCc2ccc(O)cc2)c1. The lowest BCUT2D eigenvalue weighted by Gasteiger charge is -2.17. The van der Waals surface area contributed by atoms with Crippen molar-refractivity contribution in [2.45, 2.75) is 33.4 Å². The van der Waals surface area contributed by atoms with Crippen molar-refractivity contribution in [3.8, 4) is 5.75 Å². The molecule has 2 aromatic carbocycles. The Hall–Kier alpha value is -1.80. The van der Waals surface area contributed by atoms with Crippen LogP contribution in [0.25, 0.3) is 0 Å². The number of aromatic hydroxyl groups is 1. The van der Waals surface area contributed by atoms with Gasteiger partial charge in [-0.15, -0.1) is 0 Å². The van der Waals surface area contributed by atoms with Gasteiger partial charge >= 0.3 is 0 Å². The summed E-state index contributed by atoms with van der Waals surface area (Å²) in [6.07, 6.45) is 0. The fourth-order valence-corrected chi connectivity index (χ4v) is 2.22. The Bertz CT molecular complexity index is 546. The first-order valence-electron chi connectivity index (χ1n) is 6.64. The molecule has 2 rings (SSSR count). The Labute approximate surface area is 115 Å². The van der Waals surface area contributed by atoms with Gasteiger partial charge in [-0.25, -0.2) is 0 Å². The number of rotatable bonds is 4. The van der Waals surface area contributed by atoms with Crippen LogP contribution in [0.1, 0.15) is 35.2 Å². The summed E-state index contributed by atoms with van der Waals surface area (Å²) in [5.74, 6) is 0.311. The maximum absolute atomic E-state index is 9.26. The summed E-state index contributed by atoms with van der Waals surface area (Å²) in [6.45, 7) is 7.25. The molecule has 0 aliphatic rings. The van der Waals surface area contributed by atoms with Crippen LogP contribution in [-0.2, 0) is 6.54 Å². The highest BCUT2D eigenvalue weighted by Crippen LogP contribution is 2.19. The third kappa shape index (κ3) is 3.58. The molecule has 0 spiro atoms. The van der Waals surface area contributed by atoms with E-state index in [2.05, 4.69) is 44.3 Å². The van der Waals surface area contributed by atoms with Crippen molar-refractivity contribution in [2.75, 3.05) is 0 Å². The third-order valence-corrected chi connectivity index (χ3v) is 3.45. The third-order valence-electron chi connectivity index (χ3n) is 3.45. The lowest BCUT2D eigenvalue weighted by Crippen LogP contribution is -2.19. The molecule has 2 N–H and O–H groups in total. The van der Waals surface area contributed by atoms with Crippen molar-refractivity contribution in [2.24, 2.45) is 0 Å². The molecule has 100 valence electrons. The Morgan fingerprint density at radius 1 is 1.05 bits per heavy atom. The fourth-order valence-electron chi connectivity index (χ4n) is 2.22. The summed E-state index contributed by atoms with van der Waals surface area (Å²) in [7, 11) is 0. The van der Waals surface area contributed by atoms with Gasteiger partial charge in [0.2, 0.25) is 0 Å². The number of hydrogen-bond acceptors (Lipinski definition) is 2. The molecule has 0 aromatic heterocycles. The van der Waals surface area contributed by atoms with Gasteiger partial charge in [0, 0.05) is 12.6 Å². The van der Waals surface area contributed by atoms with Crippen LogP contribution >= 0.6 is 0 Å². The smallest absolute Gasteiger partial charge is 0.115 e. The van der Waals surface area contributed by atoms with Gasteiger partial charge in [-0.2, -0.15) is 0 Å². The zero-order valence-electron chi connectivity index (χ0n) is 11.8. The summed E-state index contributed by atoms with van der Waals surface area (Å²) >= 11 is 0. The second-order valence-electron chi connectivity index (χ2n) is 5.13. The maximum Gasteiger partial charge on any atom is 0.115 e. The average Bonchev–Trinajstić information content (AvgIpc) is 2.40. The minimum absolute atomic E-state index is 0.311. The first-order valence-corrected chi connectivity index (χ1v) is 6.64. The molecule has 1 unspecified atom stereocenters. The molecule has 0 amide bonds. The number of phenols is 1. The summed E-state index contributed by atoms with van der Waals surface area (Å²) in [4.78, 5) is 0. The highest BCUT2D eigenvalue weighted by atomic mass is 16.3. The molecule has 0 fully saturated rings. The van der Waals surface area contributed by atoms with Gasteiger partial charge in [-0.3, -0.25) is 0 Å². The average molecular weight is 255 g/mol. The number of phenolic OH excluding ortho intramolecular Hbond substituents is 1. The lowest BCUT2D eigenvalue weighted by molar-refractivity contribution is 0.474. The summed E-state index contributed by atoms with van der Waals surface area (Å²) in [5.41, 5.74) is 5.13. The molecule has 1 atom stereocenters. The second-order valence-corrected chi connectivity index (χ2v) is 5.13. The molecule has 0 bridgehead atoms. The first-order chi connectivity index (χ1) is 9.06. The fraction of sp³-hybridized carbons (Fsp3) is 0.294. The molecule has 0 aliphatic carbocycles. The highest BCUT2D eigenvalue weighted by Gasteiger charge is 2.08. The van der Waals surface area contributed by atoms with Crippen molar-refractivity contribution < 1.29 is 5.11 Å². The van der Waals surface area contributed by atoms with Crippen LogP contribution in [0.4, 0.5) is 0 Å². The van der Waals surface area contributed by atoms with E-state index >= 15 is 0 Å². The van der Waals surface area contributed by atoms with Gasteiger partial charge in [-0.05, 0) is 49.6 Å². The number of hydrogen-bond donors (Lipinski definition) is 2. The number of benzene rings is 2. The summed E-state index contributed by atoms with van der Waals surface area (Å²) in [5, 5.41) is 12.8. The minimum atomic E-state index is 0.311. The van der Waals surface area contributed by atoms with Gasteiger partial charge in [0.25, 0.3) is 0 Å². The van der Waals surface area contributed by atoms with E-state index in [1.54, 1.807) is 12.1 Å². The van der Waals surface area contributed by atoms with Crippen LogP contribution in [0.2, 0.25) is 0 Å². The van der Waals surface area contributed by atoms with Crippen LogP contribution in [0, 0.1) is 13.8 Å². The first kappa shape index (κ1) is 13.6.